The molecule has 0 aliphatic rings. The molecular weight excluding hydrogens is 386 g/mol. The monoisotopic (exact) mass is 409 g/mol. The van der Waals surface area contributed by atoms with E-state index in [2.05, 4.69) is 26.1 Å². The highest BCUT2D eigenvalue weighted by molar-refractivity contribution is 8.01. The molecule has 1 aromatic carbocycles. The van der Waals surface area contributed by atoms with Crippen LogP contribution in [0.3, 0.4) is 0 Å². The molecule has 0 saturated heterocycles. The molecule has 8 nitrogen and oxygen atoms in total. The Kier molecular flexibility index (Phi) is 8.49. The SMILES string of the molecule is COCCNc1nnc(SCC(=O)NCC(=O)Nc2cccc(C)c2C)s1. The van der Waals surface area contributed by atoms with E-state index in [-0.39, 0.29) is 24.1 Å². The highest BCUT2D eigenvalue weighted by atomic mass is 32.2. The lowest BCUT2D eigenvalue weighted by molar-refractivity contribution is -0.122. The molecule has 0 aliphatic carbocycles. The number of carbonyl (C=O) groups is 2. The summed E-state index contributed by atoms with van der Waals surface area (Å²) in [7, 11) is 1.63. The fourth-order valence-electron chi connectivity index (χ4n) is 2.04. The number of rotatable bonds is 10. The molecule has 0 bridgehead atoms. The molecule has 2 rings (SSSR count). The maximum atomic E-state index is 12.0. The molecule has 0 unspecified atom stereocenters. The van der Waals surface area contributed by atoms with Crippen LogP contribution in [0.25, 0.3) is 0 Å². The standard InChI is InChI=1S/C17H23N5O3S2/c1-11-5-4-6-13(12(11)2)20-14(23)9-19-15(24)10-26-17-22-21-16(27-17)18-7-8-25-3/h4-6H,7-10H2,1-3H3,(H,18,21)(H,19,24)(H,20,23). The van der Waals surface area contributed by atoms with Crippen molar-refractivity contribution in [3.63, 3.8) is 0 Å². The van der Waals surface area contributed by atoms with Crippen LogP contribution in [0.1, 0.15) is 11.1 Å². The maximum Gasteiger partial charge on any atom is 0.243 e. The van der Waals surface area contributed by atoms with Crippen molar-refractivity contribution in [1.29, 1.82) is 0 Å². The first-order chi connectivity index (χ1) is 13.0. The zero-order valence-corrected chi connectivity index (χ0v) is 17.1. The molecule has 27 heavy (non-hydrogen) atoms. The van der Waals surface area contributed by atoms with Crippen molar-refractivity contribution < 1.29 is 14.3 Å². The van der Waals surface area contributed by atoms with Crippen molar-refractivity contribution in [2.75, 3.05) is 43.2 Å². The quantitative estimate of drug-likeness (QED) is 0.407. The number of hydrogen-bond donors (Lipinski definition) is 3. The van der Waals surface area contributed by atoms with Gasteiger partial charge in [-0.15, -0.1) is 10.2 Å². The lowest BCUT2D eigenvalue weighted by Gasteiger charge is -2.10. The Bertz CT molecular complexity index is 782. The highest BCUT2D eigenvalue weighted by Crippen LogP contribution is 2.25. The Morgan fingerprint density at radius 3 is 2.81 bits per heavy atom. The Morgan fingerprint density at radius 1 is 1.22 bits per heavy atom. The van der Waals surface area contributed by atoms with Gasteiger partial charge in [0.25, 0.3) is 0 Å². The number of methoxy groups -OCH3 is 1. The van der Waals surface area contributed by atoms with E-state index in [0.717, 1.165) is 16.8 Å². The second-order valence-corrected chi connectivity index (χ2v) is 7.85. The van der Waals surface area contributed by atoms with E-state index < -0.39 is 0 Å². The average Bonchev–Trinajstić information content (AvgIpc) is 3.10. The van der Waals surface area contributed by atoms with Crippen LogP contribution < -0.4 is 16.0 Å². The summed E-state index contributed by atoms with van der Waals surface area (Å²) in [6.45, 7) is 5.07. The third kappa shape index (κ3) is 7.16. The molecule has 2 aromatic rings. The predicted molar refractivity (Wildman–Crippen MR) is 109 cm³/mol. The summed E-state index contributed by atoms with van der Waals surface area (Å²) in [5.74, 6) is -0.327. The molecule has 146 valence electrons. The zero-order chi connectivity index (χ0) is 19.6. The second-order valence-electron chi connectivity index (χ2n) is 5.65. The van der Waals surface area contributed by atoms with Gasteiger partial charge in [0, 0.05) is 19.3 Å². The van der Waals surface area contributed by atoms with Gasteiger partial charge in [-0.2, -0.15) is 0 Å². The smallest absolute Gasteiger partial charge is 0.243 e. The van der Waals surface area contributed by atoms with Gasteiger partial charge in [0.05, 0.1) is 18.9 Å². The Morgan fingerprint density at radius 2 is 2.04 bits per heavy atom. The van der Waals surface area contributed by atoms with Crippen molar-refractivity contribution in [3.8, 4) is 0 Å². The second kappa shape index (κ2) is 10.9. The lowest BCUT2D eigenvalue weighted by Crippen LogP contribution is -2.34. The molecule has 0 aliphatic heterocycles. The van der Waals surface area contributed by atoms with Crippen LogP contribution in [0.15, 0.2) is 22.5 Å². The minimum atomic E-state index is -0.261. The largest absolute Gasteiger partial charge is 0.383 e. The number of hydrogen-bond acceptors (Lipinski definition) is 8. The van der Waals surface area contributed by atoms with Crippen LogP contribution in [0, 0.1) is 13.8 Å². The van der Waals surface area contributed by atoms with Crippen LogP contribution in [0.4, 0.5) is 10.8 Å². The number of nitrogens with one attached hydrogen (secondary N) is 3. The van der Waals surface area contributed by atoms with Crippen molar-refractivity contribution in [1.82, 2.24) is 15.5 Å². The predicted octanol–water partition coefficient (Wildman–Crippen LogP) is 2.06. The number of carbonyl (C=O) groups excluding carboxylic acids is 2. The summed E-state index contributed by atoms with van der Waals surface area (Å²) in [6, 6.07) is 5.70. The minimum Gasteiger partial charge on any atom is -0.383 e. The molecule has 0 radical (unpaired) electrons. The topological polar surface area (TPSA) is 105 Å². The molecule has 1 heterocycles. The van der Waals surface area contributed by atoms with E-state index in [0.29, 0.717) is 22.6 Å². The summed E-state index contributed by atoms with van der Waals surface area (Å²) in [5, 5.41) is 17.2. The van der Waals surface area contributed by atoms with E-state index >= 15 is 0 Å². The molecule has 0 fully saturated rings. The van der Waals surface area contributed by atoms with Gasteiger partial charge >= 0.3 is 0 Å². The Hall–Kier alpha value is -2.17. The Labute approximate surface area is 166 Å². The molecular formula is C17H23N5O3S2. The van der Waals surface area contributed by atoms with Crippen LogP contribution in [-0.2, 0) is 14.3 Å². The first-order valence-electron chi connectivity index (χ1n) is 8.31. The highest BCUT2D eigenvalue weighted by Gasteiger charge is 2.10. The normalized spacial score (nSPS) is 10.5. The van der Waals surface area contributed by atoms with E-state index in [1.54, 1.807) is 7.11 Å². The van der Waals surface area contributed by atoms with Crippen molar-refractivity contribution in [2.45, 2.75) is 18.2 Å². The summed E-state index contributed by atoms with van der Waals surface area (Å²) in [6.07, 6.45) is 0. The number of benzene rings is 1. The summed E-state index contributed by atoms with van der Waals surface area (Å²) in [5.41, 5.74) is 2.87. The van der Waals surface area contributed by atoms with Gasteiger partial charge in [-0.3, -0.25) is 9.59 Å². The van der Waals surface area contributed by atoms with Crippen LogP contribution in [0.2, 0.25) is 0 Å². The Balaban J connectivity index is 1.70. The molecule has 3 N–H and O–H groups in total. The van der Waals surface area contributed by atoms with E-state index in [4.69, 9.17) is 4.74 Å². The summed E-state index contributed by atoms with van der Waals surface area (Å²) >= 11 is 2.65. The number of nitrogens with zero attached hydrogens (tertiary/aromatic N) is 2. The zero-order valence-electron chi connectivity index (χ0n) is 15.5. The van der Waals surface area contributed by atoms with Gasteiger partial charge in [0.2, 0.25) is 16.9 Å². The van der Waals surface area contributed by atoms with Gasteiger partial charge in [-0.05, 0) is 31.0 Å². The third-order valence-corrected chi connectivity index (χ3v) is 5.65. The van der Waals surface area contributed by atoms with Crippen LogP contribution in [0.5, 0.6) is 0 Å². The minimum absolute atomic E-state index is 0.0767. The number of thioether (sulfide) groups is 1. The molecule has 0 atom stereocenters. The fourth-order valence-corrected chi connectivity index (χ4v) is 3.65. The number of aromatic nitrogens is 2. The van der Waals surface area contributed by atoms with Crippen LogP contribution in [-0.4, -0.2) is 54.6 Å². The molecule has 2 amide bonds. The first-order valence-corrected chi connectivity index (χ1v) is 10.1. The van der Waals surface area contributed by atoms with Gasteiger partial charge in [-0.1, -0.05) is 35.2 Å². The maximum absolute atomic E-state index is 12.0. The molecule has 1 aromatic heterocycles. The number of anilines is 2. The fraction of sp³-hybridized carbons (Fsp3) is 0.412. The van der Waals surface area contributed by atoms with Crippen LogP contribution >= 0.6 is 23.1 Å². The van der Waals surface area contributed by atoms with E-state index in [1.165, 1.54) is 23.1 Å². The summed E-state index contributed by atoms with van der Waals surface area (Å²) < 4.78 is 5.63. The number of ether oxygens (including phenoxy) is 1. The van der Waals surface area contributed by atoms with Gasteiger partial charge in [-0.25, -0.2) is 0 Å². The van der Waals surface area contributed by atoms with Gasteiger partial charge in [0.15, 0.2) is 4.34 Å². The average molecular weight is 410 g/mol. The number of aryl methyl sites for hydroxylation is 1. The lowest BCUT2D eigenvalue weighted by atomic mass is 10.1. The van der Waals surface area contributed by atoms with E-state index in [9.17, 15) is 9.59 Å². The van der Waals surface area contributed by atoms with Gasteiger partial charge < -0.3 is 20.7 Å². The van der Waals surface area contributed by atoms with Crippen molar-refractivity contribution in [2.24, 2.45) is 0 Å². The number of amides is 2. The van der Waals surface area contributed by atoms with Crippen molar-refractivity contribution >= 4 is 45.7 Å². The van der Waals surface area contributed by atoms with E-state index in [1.807, 2.05) is 32.0 Å². The molecule has 10 heteroatoms. The van der Waals surface area contributed by atoms with Gasteiger partial charge in [0.1, 0.15) is 0 Å². The third-order valence-electron chi connectivity index (χ3n) is 3.64. The molecule has 0 saturated carbocycles. The molecule has 0 spiro atoms. The first kappa shape index (κ1) is 21.1. The summed E-state index contributed by atoms with van der Waals surface area (Å²) in [4.78, 5) is 23.9. The van der Waals surface area contributed by atoms with Crippen molar-refractivity contribution in [3.05, 3.63) is 29.3 Å².